The molecule has 1 aromatic carbocycles. The summed E-state index contributed by atoms with van der Waals surface area (Å²) in [5.41, 5.74) is 7.31. The van der Waals surface area contributed by atoms with Crippen LogP contribution in [0.5, 0.6) is 11.5 Å². The molecule has 4 N–H and O–H groups in total. The second-order valence-corrected chi connectivity index (χ2v) is 4.54. The summed E-state index contributed by atoms with van der Waals surface area (Å²) in [7, 11) is 1.55. The minimum absolute atomic E-state index is 0.0200. The molecule has 1 saturated heterocycles. The summed E-state index contributed by atoms with van der Waals surface area (Å²) in [4.78, 5) is 0. The van der Waals surface area contributed by atoms with Gasteiger partial charge in [0.25, 0.3) is 0 Å². The van der Waals surface area contributed by atoms with Crippen LogP contribution in [-0.2, 0) is 0 Å². The van der Waals surface area contributed by atoms with Gasteiger partial charge in [-0.05, 0) is 49.5 Å². The van der Waals surface area contributed by atoms with Gasteiger partial charge in [-0.2, -0.15) is 0 Å². The number of phenolic OH excluding ortho intramolecular Hbond substituents is 1. The first-order valence-electron chi connectivity index (χ1n) is 6.05. The first kappa shape index (κ1) is 12.2. The van der Waals surface area contributed by atoms with Gasteiger partial charge in [-0.3, -0.25) is 0 Å². The van der Waals surface area contributed by atoms with Gasteiger partial charge in [-0.15, -0.1) is 0 Å². The fourth-order valence-corrected chi connectivity index (χ4v) is 2.38. The summed E-state index contributed by atoms with van der Waals surface area (Å²) in [5.74, 6) is 1.16. The predicted molar refractivity (Wildman–Crippen MR) is 67.2 cm³/mol. The van der Waals surface area contributed by atoms with Gasteiger partial charge in [0.2, 0.25) is 0 Å². The van der Waals surface area contributed by atoms with Crippen LogP contribution >= 0.6 is 0 Å². The maximum atomic E-state index is 9.55. The molecule has 0 aromatic heterocycles. The van der Waals surface area contributed by atoms with Gasteiger partial charge < -0.3 is 20.9 Å². The van der Waals surface area contributed by atoms with Crippen LogP contribution < -0.4 is 15.8 Å². The predicted octanol–water partition coefficient (Wildman–Crippen LogP) is 1.40. The molecule has 0 saturated carbocycles. The SMILES string of the molecule is COc1cc(C(N)C2CCNCC2)ccc1O. The maximum Gasteiger partial charge on any atom is 0.160 e. The van der Waals surface area contributed by atoms with Crippen molar-refractivity contribution in [2.24, 2.45) is 11.7 Å². The number of nitrogens with two attached hydrogens (primary N) is 1. The number of ether oxygens (including phenoxy) is 1. The van der Waals surface area contributed by atoms with Gasteiger partial charge in [-0.1, -0.05) is 6.07 Å². The highest BCUT2D eigenvalue weighted by Crippen LogP contribution is 2.32. The first-order chi connectivity index (χ1) is 8.22. The number of methoxy groups -OCH3 is 1. The van der Waals surface area contributed by atoms with Crippen molar-refractivity contribution in [1.82, 2.24) is 5.32 Å². The molecule has 17 heavy (non-hydrogen) atoms. The molecule has 0 spiro atoms. The van der Waals surface area contributed by atoms with Crippen molar-refractivity contribution < 1.29 is 9.84 Å². The number of phenols is 1. The van der Waals surface area contributed by atoms with Crippen LogP contribution in [0.3, 0.4) is 0 Å². The fourth-order valence-electron chi connectivity index (χ4n) is 2.38. The van der Waals surface area contributed by atoms with Gasteiger partial charge in [-0.25, -0.2) is 0 Å². The Labute approximate surface area is 102 Å². The molecule has 1 heterocycles. The Morgan fingerprint density at radius 1 is 1.41 bits per heavy atom. The van der Waals surface area contributed by atoms with E-state index in [-0.39, 0.29) is 11.8 Å². The molecule has 0 radical (unpaired) electrons. The Kier molecular flexibility index (Phi) is 3.86. The van der Waals surface area contributed by atoms with Crippen molar-refractivity contribution in [1.29, 1.82) is 0 Å². The molecule has 0 bridgehead atoms. The van der Waals surface area contributed by atoms with Crippen molar-refractivity contribution in [3.63, 3.8) is 0 Å². The van der Waals surface area contributed by atoms with E-state index in [1.54, 1.807) is 13.2 Å². The number of nitrogens with one attached hydrogen (secondary N) is 1. The quantitative estimate of drug-likeness (QED) is 0.742. The Bertz CT molecular complexity index is 376. The molecule has 1 fully saturated rings. The Balaban J connectivity index is 2.15. The first-order valence-corrected chi connectivity index (χ1v) is 6.05. The molecule has 1 aliphatic heterocycles. The van der Waals surface area contributed by atoms with E-state index in [1.165, 1.54) is 0 Å². The standard InChI is InChI=1S/C13H20N2O2/c1-17-12-8-10(2-3-11(12)16)13(14)9-4-6-15-7-5-9/h2-3,8-9,13,15-16H,4-7,14H2,1H3. The third kappa shape index (κ3) is 2.70. The highest BCUT2D eigenvalue weighted by atomic mass is 16.5. The fraction of sp³-hybridized carbons (Fsp3) is 0.538. The zero-order valence-corrected chi connectivity index (χ0v) is 10.1. The monoisotopic (exact) mass is 236 g/mol. The molecule has 0 amide bonds. The van der Waals surface area contributed by atoms with Crippen molar-refractivity contribution in [3.05, 3.63) is 23.8 Å². The van der Waals surface area contributed by atoms with Crippen LogP contribution in [0, 0.1) is 5.92 Å². The summed E-state index contributed by atoms with van der Waals surface area (Å²) >= 11 is 0. The lowest BCUT2D eigenvalue weighted by Gasteiger charge is -2.28. The molecular formula is C13H20N2O2. The minimum atomic E-state index is 0.0200. The highest BCUT2D eigenvalue weighted by Gasteiger charge is 2.22. The summed E-state index contributed by atoms with van der Waals surface area (Å²) in [6.07, 6.45) is 2.20. The second-order valence-electron chi connectivity index (χ2n) is 4.54. The van der Waals surface area contributed by atoms with E-state index in [2.05, 4.69) is 5.32 Å². The maximum absolute atomic E-state index is 9.55. The lowest BCUT2D eigenvalue weighted by atomic mass is 9.86. The lowest BCUT2D eigenvalue weighted by Crippen LogP contribution is -2.33. The molecule has 4 heteroatoms. The Morgan fingerprint density at radius 2 is 2.12 bits per heavy atom. The summed E-state index contributed by atoms with van der Waals surface area (Å²) in [6.45, 7) is 2.07. The average molecular weight is 236 g/mol. The van der Waals surface area contributed by atoms with Crippen LogP contribution in [-0.4, -0.2) is 25.3 Å². The minimum Gasteiger partial charge on any atom is -0.504 e. The number of piperidine rings is 1. The molecule has 94 valence electrons. The molecule has 1 unspecified atom stereocenters. The van der Waals surface area contributed by atoms with Crippen molar-refractivity contribution >= 4 is 0 Å². The van der Waals surface area contributed by atoms with E-state index < -0.39 is 0 Å². The van der Waals surface area contributed by atoms with Gasteiger partial charge >= 0.3 is 0 Å². The number of benzene rings is 1. The molecular weight excluding hydrogens is 216 g/mol. The highest BCUT2D eigenvalue weighted by molar-refractivity contribution is 5.42. The largest absolute Gasteiger partial charge is 0.504 e. The zero-order chi connectivity index (χ0) is 12.3. The molecule has 2 rings (SSSR count). The van der Waals surface area contributed by atoms with Gasteiger partial charge in [0.05, 0.1) is 7.11 Å². The lowest BCUT2D eigenvalue weighted by molar-refractivity contribution is 0.320. The van der Waals surface area contributed by atoms with Crippen LogP contribution in [0.25, 0.3) is 0 Å². The van der Waals surface area contributed by atoms with E-state index in [0.717, 1.165) is 31.5 Å². The van der Waals surface area contributed by atoms with E-state index in [9.17, 15) is 5.11 Å². The third-order valence-corrected chi connectivity index (χ3v) is 3.48. The van der Waals surface area contributed by atoms with Gasteiger partial charge in [0.15, 0.2) is 11.5 Å². The second kappa shape index (κ2) is 5.38. The number of hydrogen-bond acceptors (Lipinski definition) is 4. The van der Waals surface area contributed by atoms with E-state index in [1.807, 2.05) is 12.1 Å². The summed E-state index contributed by atoms with van der Waals surface area (Å²) < 4.78 is 5.11. The van der Waals surface area contributed by atoms with Crippen LogP contribution in [0.2, 0.25) is 0 Å². The van der Waals surface area contributed by atoms with Gasteiger partial charge in [0.1, 0.15) is 0 Å². The number of aromatic hydroxyl groups is 1. The third-order valence-electron chi connectivity index (χ3n) is 3.48. The summed E-state index contributed by atoms with van der Waals surface area (Å²) in [5, 5.41) is 12.9. The van der Waals surface area contributed by atoms with E-state index in [4.69, 9.17) is 10.5 Å². The van der Waals surface area contributed by atoms with Crippen molar-refractivity contribution in [2.45, 2.75) is 18.9 Å². The van der Waals surface area contributed by atoms with Gasteiger partial charge in [0, 0.05) is 6.04 Å². The van der Waals surface area contributed by atoms with Crippen LogP contribution in [0.4, 0.5) is 0 Å². The molecule has 4 nitrogen and oxygen atoms in total. The normalized spacial score (nSPS) is 18.9. The van der Waals surface area contributed by atoms with Crippen LogP contribution in [0.15, 0.2) is 18.2 Å². The Hall–Kier alpha value is -1.26. The van der Waals surface area contributed by atoms with Crippen LogP contribution in [0.1, 0.15) is 24.4 Å². The number of hydrogen-bond donors (Lipinski definition) is 3. The van der Waals surface area contributed by atoms with Crippen molar-refractivity contribution in [3.8, 4) is 11.5 Å². The van der Waals surface area contributed by atoms with E-state index in [0.29, 0.717) is 11.7 Å². The number of rotatable bonds is 3. The Morgan fingerprint density at radius 3 is 2.76 bits per heavy atom. The topological polar surface area (TPSA) is 67.5 Å². The molecule has 1 aromatic rings. The zero-order valence-electron chi connectivity index (χ0n) is 10.1. The molecule has 1 aliphatic rings. The van der Waals surface area contributed by atoms with Crippen molar-refractivity contribution in [2.75, 3.05) is 20.2 Å². The smallest absolute Gasteiger partial charge is 0.160 e. The summed E-state index contributed by atoms with van der Waals surface area (Å²) in [6, 6.07) is 5.38. The average Bonchev–Trinajstić information content (AvgIpc) is 2.39. The molecule has 1 atom stereocenters. The van der Waals surface area contributed by atoms with E-state index >= 15 is 0 Å². The molecule has 0 aliphatic carbocycles.